The summed E-state index contributed by atoms with van der Waals surface area (Å²) in [5.74, 6) is -0.369. The summed E-state index contributed by atoms with van der Waals surface area (Å²) in [6, 6.07) is 13.5. The molecule has 0 bridgehead atoms. The minimum Gasteiger partial charge on any atom is -0.478 e. The Kier molecular flexibility index (Phi) is 16.2. The largest absolute Gasteiger partial charge is 0.478 e. The Morgan fingerprint density at radius 1 is 0.833 bits per heavy atom. The number of allylic oxidation sites excluding steroid dienone is 10. The van der Waals surface area contributed by atoms with Gasteiger partial charge in [-0.3, -0.25) is 14.4 Å². The van der Waals surface area contributed by atoms with Crippen LogP contribution in [-0.4, -0.2) is 41.2 Å². The van der Waals surface area contributed by atoms with Crippen molar-refractivity contribution >= 4 is 29.2 Å². The molecule has 0 radical (unpaired) electrons. The fraction of sp³-hybridized carbons (Fsp3) is 0.390. The number of halogens is 1. The molecule has 6 nitrogen and oxygen atoms in total. The number of nitrogens with two attached hydrogens (primary N) is 1. The highest BCUT2D eigenvalue weighted by Gasteiger charge is 2.40. The van der Waals surface area contributed by atoms with Crippen molar-refractivity contribution in [3.63, 3.8) is 0 Å². The highest BCUT2D eigenvalue weighted by molar-refractivity contribution is 6.30. The molecule has 7 heteroatoms. The quantitative estimate of drug-likeness (QED) is 0.119. The molecule has 0 saturated carbocycles. The predicted octanol–water partition coefficient (Wildman–Crippen LogP) is 9.21. The molecule has 1 fully saturated rings. The second kappa shape index (κ2) is 20.3. The maximum absolute atomic E-state index is 13.5. The number of nitrogens with zero attached hydrogens (tertiary/aromatic N) is 1. The van der Waals surface area contributed by atoms with E-state index in [0.29, 0.717) is 41.4 Å². The van der Waals surface area contributed by atoms with Crippen LogP contribution in [0.3, 0.4) is 0 Å². The standard InChI is InChI=1S/C41H51ClN2O4/c1-4-5-6-7-8-9-10-11-12-13-14-15-16-17-18-19-20-37(39(43)46)34-29-30-44(31-34)40(47)41(2,3)48-36-27-23-33(24-28-36)38(45)32-21-25-35(42)26-22-32/h5-6,8-9,11-12,14-15,17-18,21-28,34,37H,4,7,10,13,16,19-20,29-31H2,1-3H3,(H2,43,46)/t34-,37?/m1/s1. The lowest BCUT2D eigenvalue weighted by molar-refractivity contribution is -0.144. The number of ketones is 1. The highest BCUT2D eigenvalue weighted by Crippen LogP contribution is 2.30. The summed E-state index contributed by atoms with van der Waals surface area (Å²) in [6.45, 7) is 6.64. The number of carbonyl (C=O) groups excluding carboxylic acids is 3. The van der Waals surface area contributed by atoms with E-state index < -0.39 is 5.60 Å². The zero-order valence-corrected chi connectivity index (χ0v) is 29.4. The zero-order chi connectivity index (χ0) is 34.8. The van der Waals surface area contributed by atoms with E-state index in [0.717, 1.165) is 44.9 Å². The average molecular weight is 671 g/mol. The monoisotopic (exact) mass is 670 g/mol. The van der Waals surface area contributed by atoms with E-state index in [1.54, 1.807) is 67.3 Å². The highest BCUT2D eigenvalue weighted by atomic mass is 35.5. The second-order valence-electron chi connectivity index (χ2n) is 12.6. The molecule has 0 spiro atoms. The van der Waals surface area contributed by atoms with Crippen LogP contribution in [0.4, 0.5) is 0 Å². The molecule has 3 rings (SSSR count). The van der Waals surface area contributed by atoms with Crippen molar-refractivity contribution < 1.29 is 19.1 Å². The third-order valence-corrected chi connectivity index (χ3v) is 8.61. The first kappa shape index (κ1) is 38.3. The summed E-state index contributed by atoms with van der Waals surface area (Å²) in [5.41, 5.74) is 5.75. The van der Waals surface area contributed by atoms with E-state index in [1.165, 1.54) is 0 Å². The van der Waals surface area contributed by atoms with Crippen molar-refractivity contribution in [2.75, 3.05) is 13.1 Å². The van der Waals surface area contributed by atoms with E-state index >= 15 is 0 Å². The first-order valence-corrected chi connectivity index (χ1v) is 17.4. The molecule has 1 heterocycles. The molecule has 1 saturated heterocycles. The molecule has 2 N–H and O–H groups in total. The molecule has 2 atom stereocenters. The Bertz CT molecular complexity index is 1470. The fourth-order valence-electron chi connectivity index (χ4n) is 5.72. The van der Waals surface area contributed by atoms with Gasteiger partial charge in [-0.05, 0) is 120 Å². The van der Waals surface area contributed by atoms with E-state index in [4.69, 9.17) is 22.1 Å². The van der Waals surface area contributed by atoms with Crippen LogP contribution in [0.2, 0.25) is 5.02 Å². The molecule has 2 aromatic carbocycles. The number of benzene rings is 2. The first-order chi connectivity index (χ1) is 23.1. The van der Waals surface area contributed by atoms with Gasteiger partial charge in [-0.2, -0.15) is 0 Å². The van der Waals surface area contributed by atoms with Gasteiger partial charge in [0.2, 0.25) is 5.91 Å². The van der Waals surface area contributed by atoms with Crippen LogP contribution >= 0.6 is 11.6 Å². The van der Waals surface area contributed by atoms with Crippen molar-refractivity contribution in [3.8, 4) is 5.75 Å². The fourth-order valence-corrected chi connectivity index (χ4v) is 5.84. The molecule has 256 valence electrons. The van der Waals surface area contributed by atoms with Crippen molar-refractivity contribution in [2.45, 2.75) is 77.7 Å². The van der Waals surface area contributed by atoms with Gasteiger partial charge in [-0.15, -0.1) is 0 Å². The summed E-state index contributed by atoms with van der Waals surface area (Å²) in [7, 11) is 0. The summed E-state index contributed by atoms with van der Waals surface area (Å²) in [5, 5.41) is 0.568. The van der Waals surface area contributed by atoms with Gasteiger partial charge in [0.1, 0.15) is 5.75 Å². The van der Waals surface area contributed by atoms with Gasteiger partial charge >= 0.3 is 0 Å². The van der Waals surface area contributed by atoms with Gasteiger partial charge in [0, 0.05) is 35.2 Å². The Hall–Kier alpha value is -4.16. The minimum absolute atomic E-state index is 0.0168. The van der Waals surface area contributed by atoms with Crippen molar-refractivity contribution in [1.82, 2.24) is 4.90 Å². The lowest BCUT2D eigenvalue weighted by atomic mass is 9.87. The van der Waals surface area contributed by atoms with Crippen LogP contribution in [0.15, 0.2) is 109 Å². The topological polar surface area (TPSA) is 89.7 Å². The Balaban J connectivity index is 1.41. The number of hydrogen-bond acceptors (Lipinski definition) is 4. The SMILES string of the molecule is CCC=CCC=CCC=CCC=CCC=CCCC(C(N)=O)[C@@H]1CCN(C(=O)C(C)(C)Oc2ccc(C(=O)c3ccc(Cl)cc3)cc2)C1. The maximum atomic E-state index is 13.5. The van der Waals surface area contributed by atoms with E-state index in [2.05, 4.69) is 67.7 Å². The second-order valence-corrected chi connectivity index (χ2v) is 13.0. The van der Waals surface area contributed by atoms with Gasteiger partial charge in [-0.1, -0.05) is 79.3 Å². The summed E-state index contributed by atoms with van der Waals surface area (Å²) in [6.07, 6.45) is 28.6. The Labute approximate surface area is 292 Å². The summed E-state index contributed by atoms with van der Waals surface area (Å²) in [4.78, 5) is 40.5. The molecule has 2 aromatic rings. The average Bonchev–Trinajstić information content (AvgIpc) is 3.55. The molecular weight excluding hydrogens is 620 g/mol. The number of carbonyl (C=O) groups is 3. The molecular formula is C41H51ClN2O4. The third-order valence-electron chi connectivity index (χ3n) is 8.36. The number of rotatable bonds is 19. The molecule has 1 unspecified atom stereocenters. The molecule has 48 heavy (non-hydrogen) atoms. The summed E-state index contributed by atoms with van der Waals surface area (Å²) >= 11 is 5.94. The van der Waals surface area contributed by atoms with Gasteiger partial charge in [0.25, 0.3) is 5.91 Å². The first-order valence-electron chi connectivity index (χ1n) is 17.1. The van der Waals surface area contributed by atoms with Crippen molar-refractivity contribution in [3.05, 3.63) is 125 Å². The molecule has 1 aliphatic rings. The lowest BCUT2D eigenvalue weighted by Gasteiger charge is -2.30. The molecule has 1 aliphatic heterocycles. The van der Waals surface area contributed by atoms with Gasteiger partial charge in [-0.25, -0.2) is 0 Å². The minimum atomic E-state index is -1.13. The van der Waals surface area contributed by atoms with Gasteiger partial charge in [0.05, 0.1) is 0 Å². The number of hydrogen-bond donors (Lipinski definition) is 1. The summed E-state index contributed by atoms with van der Waals surface area (Å²) < 4.78 is 6.10. The van der Waals surface area contributed by atoms with Crippen LogP contribution in [0.25, 0.3) is 0 Å². The van der Waals surface area contributed by atoms with Gasteiger partial charge in [0.15, 0.2) is 11.4 Å². The van der Waals surface area contributed by atoms with Crippen LogP contribution in [-0.2, 0) is 9.59 Å². The third kappa shape index (κ3) is 12.8. The normalized spacial score (nSPS) is 16.2. The predicted molar refractivity (Wildman–Crippen MR) is 197 cm³/mol. The number of primary amides is 1. The van der Waals surface area contributed by atoms with Crippen LogP contribution < -0.4 is 10.5 Å². The van der Waals surface area contributed by atoms with Crippen molar-refractivity contribution in [1.29, 1.82) is 0 Å². The van der Waals surface area contributed by atoms with E-state index in [-0.39, 0.29) is 29.4 Å². The zero-order valence-electron chi connectivity index (χ0n) is 28.7. The van der Waals surface area contributed by atoms with E-state index in [1.807, 2.05) is 0 Å². The molecule has 0 aliphatic carbocycles. The Morgan fingerprint density at radius 2 is 1.33 bits per heavy atom. The molecule has 0 aromatic heterocycles. The Morgan fingerprint density at radius 3 is 1.85 bits per heavy atom. The van der Waals surface area contributed by atoms with Crippen molar-refractivity contribution in [2.24, 2.45) is 17.6 Å². The van der Waals surface area contributed by atoms with Crippen LogP contribution in [0.5, 0.6) is 5.75 Å². The van der Waals surface area contributed by atoms with Crippen LogP contribution in [0.1, 0.15) is 88.1 Å². The van der Waals surface area contributed by atoms with Gasteiger partial charge < -0.3 is 15.4 Å². The van der Waals surface area contributed by atoms with E-state index in [9.17, 15) is 14.4 Å². The molecule has 2 amide bonds. The number of ether oxygens (including phenoxy) is 1. The number of likely N-dealkylation sites (tertiary alicyclic amines) is 1. The lowest BCUT2D eigenvalue weighted by Crippen LogP contribution is -2.48. The van der Waals surface area contributed by atoms with Crippen LogP contribution in [0, 0.1) is 11.8 Å². The number of amides is 2. The smallest absolute Gasteiger partial charge is 0.266 e. The maximum Gasteiger partial charge on any atom is 0.266 e.